The summed E-state index contributed by atoms with van der Waals surface area (Å²) in [6.45, 7) is 0.571. The molecule has 1 amide bonds. The van der Waals surface area contributed by atoms with Crippen LogP contribution in [-0.4, -0.2) is 32.0 Å². The van der Waals surface area contributed by atoms with Crippen molar-refractivity contribution in [2.24, 2.45) is 0 Å². The van der Waals surface area contributed by atoms with Crippen LogP contribution in [0.5, 0.6) is 0 Å². The SMILES string of the molecule is O=C(CCCc1c[nH]c2ccccc12)NCCc1nnc2ccccn12. The maximum absolute atomic E-state index is 12.1. The van der Waals surface area contributed by atoms with Crippen molar-refractivity contribution >= 4 is 22.5 Å². The minimum Gasteiger partial charge on any atom is -0.361 e. The number of nitrogens with zero attached hydrogens (tertiary/aromatic N) is 3. The molecule has 4 aromatic rings. The average molecular weight is 347 g/mol. The average Bonchev–Trinajstić information content (AvgIpc) is 3.27. The summed E-state index contributed by atoms with van der Waals surface area (Å²) in [4.78, 5) is 15.3. The van der Waals surface area contributed by atoms with Gasteiger partial charge in [-0.15, -0.1) is 10.2 Å². The van der Waals surface area contributed by atoms with Crippen molar-refractivity contribution in [2.75, 3.05) is 6.54 Å². The van der Waals surface area contributed by atoms with Gasteiger partial charge in [-0.2, -0.15) is 0 Å². The van der Waals surface area contributed by atoms with Crippen LogP contribution in [0.2, 0.25) is 0 Å². The van der Waals surface area contributed by atoms with Crippen LogP contribution in [0.4, 0.5) is 0 Å². The van der Waals surface area contributed by atoms with Gasteiger partial charge in [0.1, 0.15) is 5.82 Å². The predicted molar refractivity (Wildman–Crippen MR) is 101 cm³/mol. The largest absolute Gasteiger partial charge is 0.361 e. The molecular formula is C20H21N5O. The van der Waals surface area contributed by atoms with Crippen LogP contribution in [0.3, 0.4) is 0 Å². The third-order valence-electron chi connectivity index (χ3n) is 4.58. The second kappa shape index (κ2) is 7.39. The van der Waals surface area contributed by atoms with E-state index in [0.717, 1.165) is 29.8 Å². The van der Waals surface area contributed by atoms with E-state index in [9.17, 15) is 4.79 Å². The molecule has 0 fully saturated rings. The first-order valence-corrected chi connectivity index (χ1v) is 8.91. The first kappa shape index (κ1) is 16.3. The highest BCUT2D eigenvalue weighted by Gasteiger charge is 2.07. The lowest BCUT2D eigenvalue weighted by Gasteiger charge is -2.05. The number of benzene rings is 1. The van der Waals surface area contributed by atoms with Crippen molar-refractivity contribution in [1.82, 2.24) is 24.9 Å². The molecule has 6 nitrogen and oxygen atoms in total. The van der Waals surface area contributed by atoms with E-state index in [2.05, 4.69) is 32.6 Å². The molecule has 0 saturated heterocycles. The fourth-order valence-electron chi connectivity index (χ4n) is 3.24. The van der Waals surface area contributed by atoms with Gasteiger partial charge in [0.25, 0.3) is 0 Å². The predicted octanol–water partition coefficient (Wildman–Crippen LogP) is 2.89. The number of H-pyrrole nitrogens is 1. The summed E-state index contributed by atoms with van der Waals surface area (Å²) in [6.07, 6.45) is 6.90. The summed E-state index contributed by atoms with van der Waals surface area (Å²) in [7, 11) is 0. The van der Waals surface area contributed by atoms with Crippen LogP contribution in [0.15, 0.2) is 54.9 Å². The second-order valence-corrected chi connectivity index (χ2v) is 6.36. The lowest BCUT2D eigenvalue weighted by molar-refractivity contribution is -0.121. The van der Waals surface area contributed by atoms with Crippen molar-refractivity contribution in [3.05, 3.63) is 66.2 Å². The molecular weight excluding hydrogens is 326 g/mol. The number of para-hydroxylation sites is 1. The highest BCUT2D eigenvalue weighted by molar-refractivity contribution is 5.83. The molecule has 0 aliphatic heterocycles. The van der Waals surface area contributed by atoms with Gasteiger partial charge in [-0.1, -0.05) is 24.3 Å². The molecule has 0 radical (unpaired) electrons. The maximum Gasteiger partial charge on any atom is 0.220 e. The van der Waals surface area contributed by atoms with E-state index in [1.54, 1.807) is 0 Å². The molecule has 0 aliphatic rings. The molecule has 3 heterocycles. The van der Waals surface area contributed by atoms with E-state index >= 15 is 0 Å². The number of nitrogens with one attached hydrogen (secondary N) is 2. The van der Waals surface area contributed by atoms with Gasteiger partial charge < -0.3 is 10.3 Å². The fraction of sp³-hybridized carbons (Fsp3) is 0.250. The second-order valence-electron chi connectivity index (χ2n) is 6.36. The van der Waals surface area contributed by atoms with Crippen LogP contribution in [0.1, 0.15) is 24.2 Å². The molecule has 6 heteroatoms. The number of hydrogen-bond donors (Lipinski definition) is 2. The summed E-state index contributed by atoms with van der Waals surface area (Å²) in [5.41, 5.74) is 3.24. The molecule has 26 heavy (non-hydrogen) atoms. The van der Waals surface area contributed by atoms with Crippen LogP contribution < -0.4 is 5.32 Å². The molecule has 4 rings (SSSR count). The van der Waals surface area contributed by atoms with Crippen molar-refractivity contribution < 1.29 is 4.79 Å². The number of amides is 1. The van der Waals surface area contributed by atoms with Gasteiger partial charge in [0.15, 0.2) is 5.65 Å². The van der Waals surface area contributed by atoms with Crippen molar-refractivity contribution in [3.63, 3.8) is 0 Å². The summed E-state index contributed by atoms with van der Waals surface area (Å²) in [5.74, 6) is 0.943. The van der Waals surface area contributed by atoms with Crippen molar-refractivity contribution in [2.45, 2.75) is 25.7 Å². The number of aromatic nitrogens is 4. The number of fused-ring (bicyclic) bond motifs is 2. The monoisotopic (exact) mass is 347 g/mol. The molecule has 1 aromatic carbocycles. The number of hydrogen-bond acceptors (Lipinski definition) is 3. The number of carbonyl (C=O) groups excluding carboxylic acids is 1. The molecule has 3 aromatic heterocycles. The normalized spacial score (nSPS) is 11.2. The number of rotatable bonds is 7. The van der Waals surface area contributed by atoms with Gasteiger partial charge in [-0.25, -0.2) is 0 Å². The van der Waals surface area contributed by atoms with E-state index in [1.165, 1.54) is 10.9 Å². The minimum atomic E-state index is 0.0821. The van der Waals surface area contributed by atoms with E-state index in [4.69, 9.17) is 0 Å². The van der Waals surface area contributed by atoms with Gasteiger partial charge in [-0.05, 0) is 36.6 Å². The van der Waals surface area contributed by atoms with Gasteiger partial charge in [0.05, 0.1) is 0 Å². The lowest BCUT2D eigenvalue weighted by atomic mass is 10.1. The van der Waals surface area contributed by atoms with Crippen LogP contribution in [-0.2, 0) is 17.6 Å². The number of aryl methyl sites for hydroxylation is 1. The summed E-state index contributed by atoms with van der Waals surface area (Å²) in [6, 6.07) is 14.0. The van der Waals surface area contributed by atoms with Crippen LogP contribution in [0, 0.1) is 0 Å². The smallest absolute Gasteiger partial charge is 0.220 e. The van der Waals surface area contributed by atoms with Gasteiger partial charge >= 0.3 is 0 Å². The zero-order chi connectivity index (χ0) is 17.8. The van der Waals surface area contributed by atoms with Crippen molar-refractivity contribution in [1.29, 1.82) is 0 Å². The maximum atomic E-state index is 12.1. The summed E-state index contributed by atoms with van der Waals surface area (Å²) < 4.78 is 1.95. The van der Waals surface area contributed by atoms with E-state index in [1.807, 2.05) is 47.1 Å². The molecule has 0 unspecified atom stereocenters. The molecule has 0 spiro atoms. The quantitative estimate of drug-likeness (QED) is 0.540. The molecule has 0 aliphatic carbocycles. The highest BCUT2D eigenvalue weighted by atomic mass is 16.1. The Morgan fingerprint density at radius 3 is 2.92 bits per heavy atom. The molecule has 0 atom stereocenters. The highest BCUT2D eigenvalue weighted by Crippen LogP contribution is 2.19. The number of aromatic amines is 1. The zero-order valence-electron chi connectivity index (χ0n) is 14.5. The Labute approximate surface area is 151 Å². The standard InChI is InChI=1S/C20H21N5O/c26-20(10-5-6-15-14-22-17-8-2-1-7-16(15)17)21-12-11-19-24-23-18-9-3-4-13-25(18)19/h1-4,7-9,13-14,22H,5-6,10-12H2,(H,21,26). The Kier molecular flexibility index (Phi) is 4.64. The Balaban J connectivity index is 1.23. The third kappa shape index (κ3) is 3.44. The van der Waals surface area contributed by atoms with Gasteiger partial charge in [0.2, 0.25) is 5.91 Å². The first-order chi connectivity index (χ1) is 12.8. The molecule has 2 N–H and O–H groups in total. The third-order valence-corrected chi connectivity index (χ3v) is 4.58. The molecule has 132 valence electrons. The summed E-state index contributed by atoms with van der Waals surface area (Å²) >= 11 is 0. The van der Waals surface area contributed by atoms with E-state index in [-0.39, 0.29) is 5.91 Å². The Morgan fingerprint density at radius 2 is 1.96 bits per heavy atom. The lowest BCUT2D eigenvalue weighted by Crippen LogP contribution is -2.26. The van der Waals surface area contributed by atoms with Gasteiger partial charge in [0, 0.05) is 42.7 Å². The van der Waals surface area contributed by atoms with E-state index in [0.29, 0.717) is 19.4 Å². The van der Waals surface area contributed by atoms with Gasteiger partial charge in [-0.3, -0.25) is 9.20 Å². The van der Waals surface area contributed by atoms with E-state index < -0.39 is 0 Å². The Bertz CT molecular complexity index is 951. The topological polar surface area (TPSA) is 75.1 Å². The van der Waals surface area contributed by atoms with Crippen LogP contribution in [0.25, 0.3) is 16.6 Å². The Hall–Kier alpha value is -3.15. The first-order valence-electron chi connectivity index (χ1n) is 8.91. The minimum absolute atomic E-state index is 0.0821. The molecule has 0 bridgehead atoms. The Morgan fingerprint density at radius 1 is 1.08 bits per heavy atom. The number of pyridine rings is 1. The molecule has 0 saturated carbocycles. The zero-order valence-corrected chi connectivity index (χ0v) is 14.5. The van der Waals surface area contributed by atoms with Crippen molar-refractivity contribution in [3.8, 4) is 0 Å². The summed E-state index contributed by atoms with van der Waals surface area (Å²) in [5, 5.41) is 12.5. The van der Waals surface area contributed by atoms with Crippen LogP contribution >= 0.6 is 0 Å². The fourth-order valence-corrected chi connectivity index (χ4v) is 3.24. The number of carbonyl (C=O) groups is 1.